The molecule has 2 aromatic carbocycles. The van der Waals surface area contributed by atoms with Crippen LogP contribution in [0.4, 0.5) is 5.69 Å². The molecule has 0 fully saturated rings. The number of aromatic nitrogens is 1. The Morgan fingerprint density at radius 3 is 2.27 bits per heavy atom. The van der Waals surface area contributed by atoms with E-state index < -0.39 is 16.9 Å². The highest BCUT2D eigenvalue weighted by atomic mass is 16.6. The molecule has 0 bridgehead atoms. The molecule has 2 heterocycles. The molecule has 4 rings (SSSR count). The molecule has 1 aliphatic rings. The molecule has 1 aromatic heterocycles. The molecular weight excluding hydrogens is 420 g/mol. The van der Waals surface area contributed by atoms with Crippen molar-refractivity contribution < 1.29 is 19.4 Å². The standard InChI is InChI=1S/C25H20N4O4/c26-17-21-22(19-9-11-20(12-10-19)29(32)33)23(27-14-5-2-6-15-27)25(31)28(24(21)30)16-13-18-7-3-1-4-8-18/h1-12,14-15,22-23H,13,16H2/p+1/t22-,23-/m0/s1. The predicted octanol–water partition coefficient (Wildman–Crippen LogP) is 3.59. The number of nitro benzene ring substituents is 1. The van der Waals surface area contributed by atoms with Gasteiger partial charge in [0, 0.05) is 30.8 Å². The lowest BCUT2D eigenvalue weighted by Gasteiger charge is -2.34. The molecule has 0 saturated carbocycles. The molecule has 0 saturated heterocycles. The SMILES string of the molecule is N#CC1=C(O)N(CCc2ccccc2)C(=O)[C@@H]([n+]2ccccc2)[C@H]1c1ccc([N+](=O)[O-])cc1. The summed E-state index contributed by atoms with van der Waals surface area (Å²) < 4.78 is 1.70. The van der Waals surface area contributed by atoms with E-state index in [9.17, 15) is 25.3 Å². The van der Waals surface area contributed by atoms with Gasteiger partial charge in [0.2, 0.25) is 11.9 Å². The number of hydrogen-bond donors (Lipinski definition) is 1. The van der Waals surface area contributed by atoms with Crippen LogP contribution in [0, 0.1) is 21.4 Å². The van der Waals surface area contributed by atoms with Crippen LogP contribution in [0.5, 0.6) is 0 Å². The van der Waals surface area contributed by atoms with Crippen LogP contribution in [0.15, 0.2) is 96.6 Å². The van der Waals surface area contributed by atoms with Gasteiger partial charge < -0.3 is 5.11 Å². The van der Waals surface area contributed by atoms with Gasteiger partial charge in [0.05, 0.1) is 10.8 Å². The largest absolute Gasteiger partial charge is 0.494 e. The van der Waals surface area contributed by atoms with Crippen molar-refractivity contribution in [2.75, 3.05) is 6.54 Å². The maximum atomic E-state index is 13.7. The lowest BCUT2D eigenvalue weighted by molar-refractivity contribution is -0.712. The lowest BCUT2D eigenvalue weighted by atomic mass is 9.81. The van der Waals surface area contributed by atoms with E-state index in [4.69, 9.17) is 0 Å². The minimum absolute atomic E-state index is 0.0397. The Kier molecular flexibility index (Phi) is 6.13. The number of nitrogens with zero attached hydrogens (tertiary/aromatic N) is 4. The van der Waals surface area contributed by atoms with Crippen LogP contribution >= 0.6 is 0 Å². The maximum absolute atomic E-state index is 13.7. The molecule has 0 unspecified atom stereocenters. The monoisotopic (exact) mass is 441 g/mol. The number of allylic oxidation sites excluding steroid dienone is 1. The van der Waals surface area contributed by atoms with Gasteiger partial charge in [-0.25, -0.2) is 0 Å². The first-order valence-corrected chi connectivity index (χ1v) is 10.4. The van der Waals surface area contributed by atoms with Crippen molar-refractivity contribution in [1.82, 2.24) is 4.90 Å². The van der Waals surface area contributed by atoms with Crippen LogP contribution in [-0.2, 0) is 11.2 Å². The van der Waals surface area contributed by atoms with Gasteiger partial charge in [-0.05, 0) is 17.5 Å². The zero-order valence-electron chi connectivity index (χ0n) is 17.6. The first-order valence-electron chi connectivity index (χ1n) is 10.4. The number of benzene rings is 2. The van der Waals surface area contributed by atoms with Gasteiger partial charge in [0.15, 0.2) is 12.4 Å². The van der Waals surface area contributed by atoms with Crippen LogP contribution in [-0.4, -0.2) is 27.4 Å². The van der Waals surface area contributed by atoms with Crippen LogP contribution in [0.25, 0.3) is 0 Å². The fraction of sp³-hybridized carbons (Fsp3) is 0.160. The Morgan fingerprint density at radius 1 is 1.03 bits per heavy atom. The van der Waals surface area contributed by atoms with Crippen molar-refractivity contribution in [1.29, 1.82) is 5.26 Å². The van der Waals surface area contributed by atoms with Gasteiger partial charge in [-0.2, -0.15) is 9.83 Å². The average molecular weight is 441 g/mol. The summed E-state index contributed by atoms with van der Waals surface area (Å²) in [5, 5.41) is 32.0. The summed E-state index contributed by atoms with van der Waals surface area (Å²) in [6.45, 7) is 0.205. The van der Waals surface area contributed by atoms with Crippen LogP contribution in [0.3, 0.4) is 0 Å². The Labute approximate surface area is 190 Å². The number of hydrogen-bond acceptors (Lipinski definition) is 5. The molecule has 164 valence electrons. The van der Waals surface area contributed by atoms with Crippen LogP contribution < -0.4 is 4.57 Å². The van der Waals surface area contributed by atoms with Crippen LogP contribution in [0.1, 0.15) is 23.1 Å². The van der Waals surface area contributed by atoms with E-state index in [-0.39, 0.29) is 29.6 Å². The average Bonchev–Trinajstić information content (AvgIpc) is 2.85. The fourth-order valence-corrected chi connectivity index (χ4v) is 4.12. The lowest BCUT2D eigenvalue weighted by Crippen LogP contribution is -2.55. The van der Waals surface area contributed by atoms with Gasteiger partial charge in [0.1, 0.15) is 11.6 Å². The number of nitriles is 1. The summed E-state index contributed by atoms with van der Waals surface area (Å²) in [7, 11) is 0. The van der Waals surface area contributed by atoms with Crippen molar-refractivity contribution in [3.05, 3.63) is 118 Å². The molecule has 2 atom stereocenters. The predicted molar refractivity (Wildman–Crippen MR) is 119 cm³/mol. The van der Waals surface area contributed by atoms with E-state index >= 15 is 0 Å². The molecule has 3 aromatic rings. The highest BCUT2D eigenvalue weighted by molar-refractivity contribution is 5.84. The van der Waals surface area contributed by atoms with E-state index in [2.05, 4.69) is 6.07 Å². The third kappa shape index (κ3) is 4.29. The number of pyridine rings is 1. The molecule has 1 N–H and O–H groups in total. The topological polar surface area (TPSA) is 111 Å². The van der Waals surface area contributed by atoms with Crippen LogP contribution in [0.2, 0.25) is 0 Å². The Bertz CT molecular complexity index is 1230. The molecule has 8 nitrogen and oxygen atoms in total. The van der Waals surface area contributed by atoms with E-state index in [1.165, 1.54) is 29.2 Å². The second-order valence-electron chi connectivity index (χ2n) is 7.67. The first kappa shape index (κ1) is 21.7. The number of carbonyl (C=O) groups is 1. The van der Waals surface area contributed by atoms with Gasteiger partial charge in [-0.1, -0.05) is 48.5 Å². The third-order valence-corrected chi connectivity index (χ3v) is 5.75. The smallest absolute Gasteiger partial charge is 0.299 e. The summed E-state index contributed by atoms with van der Waals surface area (Å²) in [4.78, 5) is 25.5. The van der Waals surface area contributed by atoms with E-state index in [1.54, 1.807) is 29.1 Å². The van der Waals surface area contributed by atoms with Crippen molar-refractivity contribution in [3.63, 3.8) is 0 Å². The molecular formula is C25H21N4O4+. The summed E-state index contributed by atoms with van der Waals surface area (Å²) in [6, 6.07) is 21.9. The molecule has 0 radical (unpaired) electrons. The van der Waals surface area contributed by atoms with Gasteiger partial charge >= 0.3 is 0 Å². The molecule has 1 aliphatic heterocycles. The minimum atomic E-state index is -0.839. The summed E-state index contributed by atoms with van der Waals surface area (Å²) >= 11 is 0. The second-order valence-corrected chi connectivity index (χ2v) is 7.67. The van der Waals surface area contributed by atoms with Gasteiger partial charge in [0.25, 0.3) is 11.6 Å². The third-order valence-electron chi connectivity index (χ3n) is 5.75. The first-order chi connectivity index (χ1) is 16.0. The number of carbonyl (C=O) groups excluding carboxylic acids is 1. The van der Waals surface area contributed by atoms with Crippen molar-refractivity contribution in [2.24, 2.45) is 0 Å². The molecule has 8 heteroatoms. The summed E-state index contributed by atoms with van der Waals surface area (Å²) in [5.41, 5.74) is 1.47. The number of amides is 1. The van der Waals surface area contributed by atoms with Gasteiger partial charge in [-0.15, -0.1) is 0 Å². The number of aliphatic hydroxyl groups excluding tert-OH is 1. The number of non-ortho nitro benzene ring substituents is 1. The Balaban J connectivity index is 1.79. The zero-order valence-corrected chi connectivity index (χ0v) is 17.6. The zero-order chi connectivity index (χ0) is 23.4. The number of nitro groups is 1. The summed E-state index contributed by atoms with van der Waals surface area (Å²) in [6.07, 6.45) is 3.96. The van der Waals surface area contributed by atoms with Crippen molar-refractivity contribution >= 4 is 11.6 Å². The van der Waals surface area contributed by atoms with E-state index in [0.29, 0.717) is 12.0 Å². The fourth-order valence-electron chi connectivity index (χ4n) is 4.12. The molecule has 1 amide bonds. The second kappa shape index (κ2) is 9.32. The van der Waals surface area contributed by atoms with Crippen molar-refractivity contribution in [3.8, 4) is 6.07 Å². The molecule has 33 heavy (non-hydrogen) atoms. The Morgan fingerprint density at radius 2 is 1.67 bits per heavy atom. The molecule has 0 aliphatic carbocycles. The quantitative estimate of drug-likeness (QED) is 0.357. The number of aliphatic hydroxyl groups is 1. The minimum Gasteiger partial charge on any atom is -0.494 e. The normalized spacial score (nSPS) is 18.2. The van der Waals surface area contributed by atoms with Crippen molar-refractivity contribution in [2.45, 2.75) is 18.4 Å². The highest BCUT2D eigenvalue weighted by Gasteiger charge is 2.49. The Hall–Kier alpha value is -4.51. The van der Waals surface area contributed by atoms with E-state index in [1.807, 2.05) is 36.4 Å². The van der Waals surface area contributed by atoms with Gasteiger partial charge in [-0.3, -0.25) is 19.8 Å². The van der Waals surface area contributed by atoms with E-state index in [0.717, 1.165) is 5.56 Å². The molecule has 0 spiro atoms. The number of rotatable bonds is 6. The maximum Gasteiger partial charge on any atom is 0.299 e. The summed E-state index contributed by atoms with van der Waals surface area (Å²) in [5.74, 6) is -1.54. The highest BCUT2D eigenvalue weighted by Crippen LogP contribution is 2.40.